The zero-order valence-electron chi connectivity index (χ0n) is 10.7. The van der Waals surface area contributed by atoms with E-state index >= 15 is 0 Å². The van der Waals surface area contributed by atoms with Gasteiger partial charge in [-0.3, -0.25) is 10.1 Å². The van der Waals surface area contributed by atoms with E-state index in [0.29, 0.717) is 11.1 Å². The van der Waals surface area contributed by atoms with Crippen LogP contribution in [-0.2, 0) is 21.4 Å². The first-order chi connectivity index (χ1) is 9.97. The van der Waals surface area contributed by atoms with E-state index in [-0.39, 0.29) is 11.4 Å². The van der Waals surface area contributed by atoms with Crippen molar-refractivity contribution in [1.29, 1.82) is 0 Å². The van der Waals surface area contributed by atoms with E-state index in [4.69, 9.17) is 5.11 Å². The average Bonchev–Trinajstić information content (AvgIpc) is 2.97. The zero-order valence-corrected chi connectivity index (χ0v) is 11.5. The Morgan fingerprint density at radius 1 is 1.38 bits per heavy atom. The first-order valence-corrected chi connectivity index (χ1v) is 7.29. The molecule has 0 aliphatic heterocycles. The van der Waals surface area contributed by atoms with Gasteiger partial charge in [-0.2, -0.15) is 5.10 Å². The highest BCUT2D eigenvalue weighted by molar-refractivity contribution is 7.89. The van der Waals surface area contributed by atoms with E-state index in [1.54, 1.807) is 6.20 Å². The Kier molecular flexibility index (Phi) is 4.45. The number of hydrogen-bond acceptors (Lipinski definition) is 5. The summed E-state index contributed by atoms with van der Waals surface area (Å²) in [4.78, 5) is 14.2. The van der Waals surface area contributed by atoms with Gasteiger partial charge in [-0.15, -0.1) is 0 Å². The summed E-state index contributed by atoms with van der Waals surface area (Å²) >= 11 is 0. The van der Waals surface area contributed by atoms with E-state index in [2.05, 4.69) is 19.9 Å². The molecule has 0 saturated carbocycles. The molecule has 9 heteroatoms. The van der Waals surface area contributed by atoms with Gasteiger partial charge in [0.2, 0.25) is 10.0 Å². The van der Waals surface area contributed by atoms with Gasteiger partial charge >= 0.3 is 5.97 Å². The second-order valence-electron chi connectivity index (χ2n) is 4.06. The predicted molar refractivity (Wildman–Crippen MR) is 73.5 cm³/mol. The van der Waals surface area contributed by atoms with Crippen molar-refractivity contribution >= 4 is 22.1 Å². The van der Waals surface area contributed by atoms with Crippen LogP contribution in [0.3, 0.4) is 0 Å². The van der Waals surface area contributed by atoms with Gasteiger partial charge in [-0.25, -0.2) is 17.9 Å². The number of hydrogen-bond donors (Lipinski definition) is 3. The van der Waals surface area contributed by atoms with Crippen molar-refractivity contribution in [2.24, 2.45) is 0 Å². The zero-order chi connectivity index (χ0) is 15.3. The van der Waals surface area contributed by atoms with Gasteiger partial charge < -0.3 is 5.11 Å². The molecule has 0 bridgehead atoms. The predicted octanol–water partition coefficient (Wildman–Crippen LogP) is 0.381. The number of rotatable bonds is 6. The fourth-order valence-corrected chi connectivity index (χ4v) is 2.49. The highest BCUT2D eigenvalue weighted by atomic mass is 32.2. The molecule has 0 aliphatic rings. The molecular formula is C12H12N4O4S. The number of sulfonamides is 1. The van der Waals surface area contributed by atoms with Gasteiger partial charge in [-0.05, 0) is 17.7 Å². The topological polar surface area (TPSA) is 125 Å². The van der Waals surface area contributed by atoms with Gasteiger partial charge in [0, 0.05) is 36.8 Å². The fourth-order valence-electron chi connectivity index (χ4n) is 1.48. The second-order valence-corrected chi connectivity index (χ2v) is 5.82. The molecule has 110 valence electrons. The number of aliphatic carboxylic acids is 1. The molecule has 0 aromatic carbocycles. The Morgan fingerprint density at radius 2 is 2.19 bits per heavy atom. The third-order valence-electron chi connectivity index (χ3n) is 2.48. The van der Waals surface area contributed by atoms with Crippen molar-refractivity contribution in [3.8, 4) is 0 Å². The van der Waals surface area contributed by atoms with E-state index in [0.717, 1.165) is 6.08 Å². The van der Waals surface area contributed by atoms with Gasteiger partial charge in [0.25, 0.3) is 0 Å². The van der Waals surface area contributed by atoms with Crippen LogP contribution < -0.4 is 4.72 Å². The number of carboxylic acid groups (broad SMARTS) is 1. The highest BCUT2D eigenvalue weighted by Gasteiger charge is 2.14. The van der Waals surface area contributed by atoms with Crippen molar-refractivity contribution in [3.05, 3.63) is 48.1 Å². The molecule has 8 nitrogen and oxygen atoms in total. The molecule has 0 spiro atoms. The maximum atomic E-state index is 12.1. The Bertz CT molecular complexity index is 753. The molecule has 3 N–H and O–H groups in total. The summed E-state index contributed by atoms with van der Waals surface area (Å²) in [6.45, 7) is 0.0913. The van der Waals surface area contributed by atoms with E-state index in [1.165, 1.54) is 30.7 Å². The lowest BCUT2D eigenvalue weighted by Crippen LogP contribution is -2.23. The quantitative estimate of drug-likeness (QED) is 0.662. The summed E-state index contributed by atoms with van der Waals surface area (Å²) in [5, 5.41) is 14.8. The van der Waals surface area contributed by atoms with Crippen LogP contribution in [0.15, 0.2) is 41.8 Å². The van der Waals surface area contributed by atoms with E-state index in [1.807, 2.05) is 0 Å². The van der Waals surface area contributed by atoms with Crippen LogP contribution in [0.1, 0.15) is 11.1 Å². The van der Waals surface area contributed by atoms with Crippen LogP contribution in [0.25, 0.3) is 6.08 Å². The van der Waals surface area contributed by atoms with Gasteiger partial charge in [0.05, 0.1) is 6.20 Å². The van der Waals surface area contributed by atoms with Crippen LogP contribution in [0.2, 0.25) is 0 Å². The van der Waals surface area contributed by atoms with Crippen LogP contribution in [0.4, 0.5) is 0 Å². The van der Waals surface area contributed by atoms with E-state index < -0.39 is 16.0 Å². The molecule has 2 heterocycles. The van der Waals surface area contributed by atoms with Crippen molar-refractivity contribution in [1.82, 2.24) is 19.9 Å². The van der Waals surface area contributed by atoms with Crippen molar-refractivity contribution in [2.75, 3.05) is 0 Å². The SMILES string of the molecule is O=C(O)C=Cc1cncc(S(=O)(=O)NCc2cn[nH]c2)c1. The van der Waals surface area contributed by atoms with Crippen LogP contribution in [-0.4, -0.2) is 34.7 Å². The Morgan fingerprint density at radius 3 is 2.86 bits per heavy atom. The minimum absolute atomic E-state index is 0.0430. The number of nitrogens with zero attached hydrogens (tertiary/aromatic N) is 2. The fraction of sp³-hybridized carbons (Fsp3) is 0.0833. The number of nitrogens with one attached hydrogen (secondary N) is 2. The molecule has 0 aliphatic carbocycles. The minimum Gasteiger partial charge on any atom is -0.478 e. The van der Waals surface area contributed by atoms with Crippen LogP contribution in [0, 0.1) is 0 Å². The minimum atomic E-state index is -3.73. The van der Waals surface area contributed by atoms with Crippen LogP contribution in [0.5, 0.6) is 0 Å². The number of aromatic amines is 1. The molecule has 21 heavy (non-hydrogen) atoms. The number of H-pyrrole nitrogens is 1. The van der Waals surface area contributed by atoms with Gasteiger partial charge in [-0.1, -0.05) is 0 Å². The molecule has 0 amide bonds. The molecule has 2 aromatic rings. The summed E-state index contributed by atoms with van der Waals surface area (Å²) in [6.07, 6.45) is 7.82. The molecule has 0 saturated heterocycles. The van der Waals surface area contributed by atoms with Crippen molar-refractivity contribution in [3.63, 3.8) is 0 Å². The van der Waals surface area contributed by atoms with Crippen molar-refractivity contribution in [2.45, 2.75) is 11.4 Å². The number of carboxylic acids is 1. The summed E-state index contributed by atoms with van der Waals surface area (Å²) in [5.74, 6) is -1.12. The second kappa shape index (κ2) is 6.29. The smallest absolute Gasteiger partial charge is 0.328 e. The Labute approximate surface area is 120 Å². The summed E-state index contributed by atoms with van der Waals surface area (Å²) in [6, 6.07) is 1.34. The lowest BCUT2D eigenvalue weighted by Gasteiger charge is -2.05. The Balaban J connectivity index is 2.16. The lowest BCUT2D eigenvalue weighted by atomic mass is 10.2. The molecule has 0 fully saturated rings. The third-order valence-corrected chi connectivity index (χ3v) is 3.85. The third kappa shape index (κ3) is 4.23. The molecular weight excluding hydrogens is 296 g/mol. The molecule has 2 aromatic heterocycles. The first kappa shape index (κ1) is 14.9. The van der Waals surface area contributed by atoms with Gasteiger partial charge in [0.15, 0.2) is 0 Å². The normalized spacial score (nSPS) is 11.8. The highest BCUT2D eigenvalue weighted by Crippen LogP contribution is 2.11. The average molecular weight is 308 g/mol. The first-order valence-electron chi connectivity index (χ1n) is 5.81. The van der Waals surface area contributed by atoms with Crippen molar-refractivity contribution < 1.29 is 18.3 Å². The number of pyridine rings is 1. The van der Waals surface area contributed by atoms with Crippen LogP contribution >= 0.6 is 0 Å². The number of aromatic nitrogens is 3. The number of carbonyl (C=O) groups is 1. The lowest BCUT2D eigenvalue weighted by molar-refractivity contribution is -0.131. The molecule has 2 rings (SSSR count). The Hall–Kier alpha value is -2.52. The maximum Gasteiger partial charge on any atom is 0.328 e. The summed E-state index contributed by atoms with van der Waals surface area (Å²) < 4.78 is 26.6. The maximum absolute atomic E-state index is 12.1. The molecule has 0 unspecified atom stereocenters. The van der Waals surface area contributed by atoms with E-state index in [9.17, 15) is 13.2 Å². The standard InChI is InChI=1S/C12H12N4O4S/c17-12(18)2-1-9-3-11(8-13-4-9)21(19,20)16-7-10-5-14-15-6-10/h1-6,8,16H,7H2,(H,14,15)(H,17,18). The molecule has 0 atom stereocenters. The summed E-state index contributed by atoms with van der Waals surface area (Å²) in [7, 11) is -3.73. The monoisotopic (exact) mass is 308 g/mol. The molecule has 0 radical (unpaired) electrons. The summed E-state index contributed by atoms with van der Waals surface area (Å²) in [5.41, 5.74) is 1.07. The largest absolute Gasteiger partial charge is 0.478 e. The van der Waals surface area contributed by atoms with Gasteiger partial charge in [0.1, 0.15) is 4.90 Å².